The van der Waals surface area contributed by atoms with Gasteiger partial charge in [-0.2, -0.15) is 8.42 Å². The van der Waals surface area contributed by atoms with Gasteiger partial charge in [-0.3, -0.25) is 4.55 Å². The van der Waals surface area contributed by atoms with Crippen LogP contribution in [0.4, 0.5) is 0 Å². The third-order valence-corrected chi connectivity index (χ3v) is 4.92. The zero-order valence-corrected chi connectivity index (χ0v) is 14.4. The third kappa shape index (κ3) is 6.69. The lowest BCUT2D eigenvalue weighted by Gasteiger charge is -2.35. The second-order valence-corrected chi connectivity index (χ2v) is 6.66. The van der Waals surface area contributed by atoms with Gasteiger partial charge in [-0.25, -0.2) is 0 Å². The molecule has 0 fully saturated rings. The van der Waals surface area contributed by atoms with E-state index in [1.807, 2.05) is 6.92 Å². The average Bonchev–Trinajstić information content (AvgIpc) is 2.30. The van der Waals surface area contributed by atoms with Crippen LogP contribution in [0.5, 0.6) is 0 Å². The minimum atomic E-state index is -5.13. The lowest BCUT2D eigenvalue weighted by molar-refractivity contribution is -0.319. The summed E-state index contributed by atoms with van der Waals surface area (Å²) in [5, 5.41) is 21.9. The van der Waals surface area contributed by atoms with E-state index in [2.05, 4.69) is 0 Å². The number of carboxylic acid groups (broad SMARTS) is 2. The van der Waals surface area contributed by atoms with Crippen LogP contribution in [0.2, 0.25) is 0 Å². The van der Waals surface area contributed by atoms with Gasteiger partial charge in [0.05, 0.1) is 5.97 Å². The summed E-state index contributed by atoms with van der Waals surface area (Å²) >= 11 is 0. The maximum absolute atomic E-state index is 11.4. The second-order valence-electron chi connectivity index (χ2n) is 4.93. The summed E-state index contributed by atoms with van der Waals surface area (Å²) in [5.41, 5.74) is 0. The van der Waals surface area contributed by atoms with E-state index in [-0.39, 0.29) is 18.2 Å². The number of hydrogen-bond acceptors (Lipinski definition) is 6. The lowest BCUT2D eigenvalue weighted by Crippen LogP contribution is -2.57. The molecule has 9 nitrogen and oxygen atoms in total. The van der Waals surface area contributed by atoms with Crippen molar-refractivity contribution in [3.8, 4) is 0 Å². The molecule has 0 radical (unpaired) electrons. The predicted molar refractivity (Wildman–Crippen MR) is 78.8 cm³/mol. The Labute approximate surface area is 131 Å². The molecule has 0 aliphatic rings. The van der Waals surface area contributed by atoms with Crippen LogP contribution >= 0.6 is 0 Å². The van der Waals surface area contributed by atoms with Crippen molar-refractivity contribution < 1.29 is 32.8 Å². The Bertz CT molecular complexity index is 452. The molecule has 9 N–H and O–H groups in total. The highest BCUT2D eigenvalue weighted by molar-refractivity contribution is 7.88. The van der Waals surface area contributed by atoms with Gasteiger partial charge in [0.2, 0.25) is 0 Å². The summed E-state index contributed by atoms with van der Waals surface area (Å²) < 4.78 is 29.1. The molecule has 0 amide bonds. The Morgan fingerprint density at radius 2 is 1.68 bits per heavy atom. The average molecular weight is 344 g/mol. The molecule has 0 saturated heterocycles. The molecular formula is C12H28N2O7S. The number of quaternary nitrogens is 2. The fraction of sp³-hybridized carbons (Fsp3) is 0.833. The number of aliphatic carboxylic acids is 2. The molecule has 22 heavy (non-hydrogen) atoms. The monoisotopic (exact) mass is 344 g/mol. The van der Waals surface area contributed by atoms with Crippen molar-refractivity contribution in [2.75, 3.05) is 0 Å². The van der Waals surface area contributed by atoms with Gasteiger partial charge in [0.25, 0.3) is 10.1 Å². The smallest absolute Gasteiger partial charge is 0.276 e. The maximum atomic E-state index is 11.4. The molecule has 2 atom stereocenters. The fourth-order valence-electron chi connectivity index (χ4n) is 2.17. The van der Waals surface area contributed by atoms with Crippen LogP contribution in [0.25, 0.3) is 0 Å². The molecule has 0 aromatic rings. The van der Waals surface area contributed by atoms with Crippen molar-refractivity contribution in [1.29, 1.82) is 0 Å². The Morgan fingerprint density at radius 3 is 1.95 bits per heavy atom. The fourth-order valence-corrected chi connectivity index (χ4v) is 3.13. The van der Waals surface area contributed by atoms with E-state index in [1.165, 1.54) is 0 Å². The molecular weight excluding hydrogens is 316 g/mol. The summed E-state index contributed by atoms with van der Waals surface area (Å²) in [5.74, 6) is -4.31. The molecule has 0 spiro atoms. The topological polar surface area (TPSA) is 208 Å². The van der Waals surface area contributed by atoms with Crippen molar-refractivity contribution in [3.63, 3.8) is 0 Å². The summed E-state index contributed by atoms with van der Waals surface area (Å²) in [6, 6.07) is 0. The Balaban J connectivity index is -0.00000180. The van der Waals surface area contributed by atoms with E-state index in [0.29, 0.717) is 12.8 Å². The molecule has 0 aromatic carbocycles. The highest BCUT2D eigenvalue weighted by atomic mass is 32.2. The minimum absolute atomic E-state index is 0. The van der Waals surface area contributed by atoms with Gasteiger partial charge in [-0.1, -0.05) is 39.5 Å². The summed E-state index contributed by atoms with van der Waals surface area (Å²) in [6.45, 7) is 3.66. The normalized spacial score (nSPS) is 14.9. The van der Waals surface area contributed by atoms with E-state index < -0.39 is 39.6 Å². The number of carbonyl (C=O) groups is 2. The van der Waals surface area contributed by atoms with E-state index >= 15 is 0 Å². The first-order valence-corrected chi connectivity index (χ1v) is 7.93. The zero-order valence-electron chi connectivity index (χ0n) is 13.6. The third-order valence-electron chi connectivity index (χ3n) is 3.46. The second kappa shape index (κ2) is 10.5. The Kier molecular flexibility index (Phi) is 12.3. The number of rotatable bonds is 10. The number of carboxylic acids is 2. The van der Waals surface area contributed by atoms with Gasteiger partial charge < -0.3 is 32.1 Å². The molecule has 10 heteroatoms. The highest BCUT2D eigenvalue weighted by Gasteiger charge is 2.46. The van der Waals surface area contributed by atoms with Crippen LogP contribution in [-0.2, 0) is 19.7 Å². The first-order chi connectivity index (χ1) is 9.10. The Morgan fingerprint density at radius 1 is 1.18 bits per heavy atom. The van der Waals surface area contributed by atoms with Gasteiger partial charge in [-0.15, -0.1) is 0 Å². The van der Waals surface area contributed by atoms with Crippen molar-refractivity contribution in [3.05, 3.63) is 0 Å². The van der Waals surface area contributed by atoms with Crippen molar-refractivity contribution in [2.24, 2.45) is 5.92 Å². The molecule has 134 valence electrons. The van der Waals surface area contributed by atoms with Crippen molar-refractivity contribution in [2.45, 2.75) is 57.1 Å². The van der Waals surface area contributed by atoms with Crippen LogP contribution in [-0.4, -0.2) is 29.7 Å². The van der Waals surface area contributed by atoms with Crippen LogP contribution in [0.3, 0.4) is 0 Å². The van der Waals surface area contributed by atoms with Gasteiger partial charge in [0.15, 0.2) is 0 Å². The number of unbranched alkanes of at least 4 members (excludes halogenated alkanes) is 1. The first-order valence-electron chi connectivity index (χ1n) is 6.49. The van der Waals surface area contributed by atoms with Crippen molar-refractivity contribution in [1.82, 2.24) is 12.3 Å². The molecule has 0 aliphatic carbocycles. The number of carbonyl (C=O) groups excluding carboxylic acids is 2. The van der Waals surface area contributed by atoms with E-state index in [4.69, 9.17) is 0 Å². The molecule has 0 rings (SSSR count). The summed E-state index contributed by atoms with van der Waals surface area (Å²) in [6.07, 6.45) is 0.775. The van der Waals surface area contributed by atoms with Gasteiger partial charge in [0.1, 0.15) is 4.75 Å². The van der Waals surface area contributed by atoms with Crippen LogP contribution in [0.1, 0.15) is 52.4 Å². The highest BCUT2D eigenvalue weighted by Crippen LogP contribution is 2.32. The molecule has 0 aromatic heterocycles. The molecule has 2 unspecified atom stereocenters. The van der Waals surface area contributed by atoms with Gasteiger partial charge in [0, 0.05) is 12.4 Å². The molecule has 0 heterocycles. The molecule has 0 bridgehead atoms. The SMILES string of the molecule is CCCCC(CC)CC(CC(=O)[O-])(C(=O)[O-])S(=O)(=O)O.[NH4+].[NH4+]. The Hall–Kier alpha value is -1.23. The summed E-state index contributed by atoms with van der Waals surface area (Å²) in [4.78, 5) is 21.9. The predicted octanol–water partition coefficient (Wildman–Crippen LogP) is -0.138. The lowest BCUT2D eigenvalue weighted by atomic mass is 9.86. The van der Waals surface area contributed by atoms with E-state index in [0.717, 1.165) is 12.8 Å². The standard InChI is InChI=1S/C12H22O7S.2H3N/c1-3-5-6-9(4-2)7-12(11(15)16,8-10(13)14)20(17,18)19;;/h9H,3-8H2,1-2H3,(H,13,14)(H,15,16)(H,17,18,19);2*1H3. The first kappa shape index (κ1) is 25.7. The van der Waals surface area contributed by atoms with E-state index in [9.17, 15) is 32.8 Å². The van der Waals surface area contributed by atoms with Gasteiger partial charge >= 0.3 is 0 Å². The summed E-state index contributed by atoms with van der Waals surface area (Å²) in [7, 11) is -5.13. The number of hydrogen-bond donors (Lipinski definition) is 3. The largest absolute Gasteiger partial charge is 0.550 e. The van der Waals surface area contributed by atoms with Gasteiger partial charge in [-0.05, 0) is 12.3 Å². The quantitative estimate of drug-likeness (QED) is 0.456. The van der Waals surface area contributed by atoms with Crippen molar-refractivity contribution >= 4 is 22.1 Å². The minimum Gasteiger partial charge on any atom is -0.550 e. The zero-order chi connectivity index (χ0) is 16.0. The molecule has 0 saturated carbocycles. The molecule has 0 aliphatic heterocycles. The van der Waals surface area contributed by atoms with Crippen LogP contribution in [0, 0.1) is 5.92 Å². The van der Waals surface area contributed by atoms with E-state index in [1.54, 1.807) is 6.92 Å². The van der Waals surface area contributed by atoms with Crippen LogP contribution in [0.15, 0.2) is 0 Å². The van der Waals surface area contributed by atoms with Crippen LogP contribution < -0.4 is 22.5 Å². The maximum Gasteiger partial charge on any atom is 0.276 e.